The number of sulfonamides is 1. The van der Waals surface area contributed by atoms with Gasteiger partial charge in [-0.05, 0) is 67.1 Å². The molecule has 9 heteroatoms. The highest BCUT2D eigenvalue weighted by molar-refractivity contribution is 7.92. The predicted octanol–water partition coefficient (Wildman–Crippen LogP) is 3.48. The fourth-order valence-corrected chi connectivity index (χ4v) is 3.60. The van der Waals surface area contributed by atoms with E-state index in [9.17, 15) is 12.8 Å². The van der Waals surface area contributed by atoms with Crippen LogP contribution in [0.3, 0.4) is 0 Å². The van der Waals surface area contributed by atoms with Gasteiger partial charge in [0.2, 0.25) is 0 Å². The molecule has 0 aliphatic rings. The summed E-state index contributed by atoms with van der Waals surface area (Å²) in [7, 11) is -2.30. The van der Waals surface area contributed by atoms with Gasteiger partial charge in [-0.1, -0.05) is 0 Å². The number of methoxy groups -OCH3 is 1. The number of anilines is 3. The molecule has 1 aromatic heterocycles. The second-order valence-corrected chi connectivity index (χ2v) is 7.32. The lowest BCUT2D eigenvalue weighted by Crippen LogP contribution is -2.15. The zero-order valence-electron chi connectivity index (χ0n) is 14.6. The lowest BCUT2D eigenvalue weighted by atomic mass is 10.2. The van der Waals surface area contributed by atoms with Gasteiger partial charge in [0.1, 0.15) is 11.6 Å². The first-order valence-corrected chi connectivity index (χ1v) is 9.39. The Kier molecular flexibility index (Phi) is 5.22. The molecule has 0 aliphatic heterocycles. The number of hydrogen-bond acceptors (Lipinski definition) is 6. The summed E-state index contributed by atoms with van der Waals surface area (Å²) in [4.78, 5) is 0.124. The molecule has 0 bridgehead atoms. The lowest BCUT2D eigenvalue weighted by Gasteiger charge is -2.11. The molecule has 0 saturated carbocycles. The summed E-state index contributed by atoms with van der Waals surface area (Å²) in [6, 6.07) is 13.5. The van der Waals surface area contributed by atoms with E-state index in [-0.39, 0.29) is 16.5 Å². The normalized spacial score (nSPS) is 11.1. The third-order valence-electron chi connectivity index (χ3n) is 3.69. The van der Waals surface area contributed by atoms with E-state index >= 15 is 0 Å². The highest BCUT2D eigenvalue weighted by Gasteiger charge is 2.18. The standard InChI is InChI=1S/C18H17FN4O3S/c1-12-11-15(26-2)7-8-16(12)27(24,25)23-18-10-9-17(21-22-18)20-14-5-3-13(19)4-6-14/h3-11H,1-2H3,(H,20,21)(H,22,23). The summed E-state index contributed by atoms with van der Waals surface area (Å²) >= 11 is 0. The second kappa shape index (κ2) is 7.58. The molecule has 140 valence electrons. The average molecular weight is 388 g/mol. The van der Waals surface area contributed by atoms with Gasteiger partial charge in [0, 0.05) is 5.69 Å². The Hall–Kier alpha value is -3.20. The van der Waals surface area contributed by atoms with Crippen molar-refractivity contribution >= 4 is 27.3 Å². The monoisotopic (exact) mass is 388 g/mol. The van der Waals surface area contributed by atoms with Gasteiger partial charge in [-0.3, -0.25) is 4.72 Å². The van der Waals surface area contributed by atoms with E-state index in [2.05, 4.69) is 20.2 Å². The van der Waals surface area contributed by atoms with Gasteiger partial charge in [-0.15, -0.1) is 10.2 Å². The number of hydrogen-bond donors (Lipinski definition) is 2. The van der Waals surface area contributed by atoms with E-state index in [1.807, 2.05) is 0 Å². The first-order valence-electron chi connectivity index (χ1n) is 7.91. The third-order valence-corrected chi connectivity index (χ3v) is 5.21. The Morgan fingerprint density at radius 2 is 1.63 bits per heavy atom. The molecule has 0 amide bonds. The largest absolute Gasteiger partial charge is 0.497 e. The molecular formula is C18H17FN4O3S. The smallest absolute Gasteiger partial charge is 0.263 e. The van der Waals surface area contributed by atoms with Crippen LogP contribution in [0.4, 0.5) is 21.7 Å². The highest BCUT2D eigenvalue weighted by atomic mass is 32.2. The number of aryl methyl sites for hydroxylation is 1. The molecule has 0 unspecified atom stereocenters. The van der Waals surface area contributed by atoms with Crippen LogP contribution in [0.25, 0.3) is 0 Å². The number of aromatic nitrogens is 2. The number of benzene rings is 2. The van der Waals surface area contributed by atoms with Crippen LogP contribution < -0.4 is 14.8 Å². The van der Waals surface area contributed by atoms with Crippen molar-refractivity contribution in [3.8, 4) is 5.75 Å². The SMILES string of the molecule is COc1ccc(S(=O)(=O)Nc2ccc(Nc3ccc(F)cc3)nn2)c(C)c1. The summed E-state index contributed by atoms with van der Waals surface area (Å²) in [6.45, 7) is 1.68. The fraction of sp³-hybridized carbons (Fsp3) is 0.111. The molecule has 1 heterocycles. The van der Waals surface area contributed by atoms with Crippen LogP contribution in [-0.2, 0) is 10.0 Å². The lowest BCUT2D eigenvalue weighted by molar-refractivity contribution is 0.414. The number of ether oxygens (including phenoxy) is 1. The zero-order valence-corrected chi connectivity index (χ0v) is 15.4. The van der Waals surface area contributed by atoms with Crippen LogP contribution in [0.5, 0.6) is 5.75 Å². The Morgan fingerprint density at radius 3 is 2.22 bits per heavy atom. The third kappa shape index (κ3) is 4.50. The molecule has 0 atom stereocenters. The summed E-state index contributed by atoms with van der Waals surface area (Å²) < 4.78 is 45.5. The molecule has 7 nitrogen and oxygen atoms in total. The maximum absolute atomic E-state index is 12.9. The summed E-state index contributed by atoms with van der Waals surface area (Å²) in [5.41, 5.74) is 1.18. The molecule has 3 aromatic rings. The van der Waals surface area contributed by atoms with Crippen LogP contribution in [0, 0.1) is 12.7 Å². The molecule has 0 fully saturated rings. The molecule has 0 spiro atoms. The number of halogens is 1. The predicted molar refractivity (Wildman–Crippen MR) is 100 cm³/mol. The Bertz CT molecular complexity index is 1040. The molecule has 0 aliphatic carbocycles. The topological polar surface area (TPSA) is 93.2 Å². The van der Waals surface area contributed by atoms with Gasteiger partial charge in [0.25, 0.3) is 10.0 Å². The maximum atomic E-state index is 12.9. The molecule has 0 radical (unpaired) electrons. The van der Waals surface area contributed by atoms with Crippen LogP contribution in [0.15, 0.2) is 59.5 Å². The second-order valence-electron chi connectivity index (χ2n) is 5.67. The van der Waals surface area contributed by atoms with Crippen molar-refractivity contribution in [2.24, 2.45) is 0 Å². The number of nitrogens with zero attached hydrogens (tertiary/aromatic N) is 2. The van der Waals surface area contributed by atoms with Gasteiger partial charge in [-0.25, -0.2) is 12.8 Å². The highest BCUT2D eigenvalue weighted by Crippen LogP contribution is 2.23. The minimum absolute atomic E-state index is 0.0786. The molecular weight excluding hydrogens is 371 g/mol. The van der Waals surface area contributed by atoms with Crippen molar-refractivity contribution in [2.45, 2.75) is 11.8 Å². The van der Waals surface area contributed by atoms with E-state index in [4.69, 9.17) is 4.74 Å². The maximum Gasteiger partial charge on any atom is 0.263 e. The number of nitrogens with one attached hydrogen (secondary N) is 2. The van der Waals surface area contributed by atoms with Gasteiger partial charge < -0.3 is 10.1 Å². The fourth-order valence-electron chi connectivity index (χ4n) is 2.38. The molecule has 3 rings (SSSR count). The Labute approximate surface area is 156 Å². The molecule has 0 saturated heterocycles. The van der Waals surface area contributed by atoms with E-state index < -0.39 is 10.0 Å². The van der Waals surface area contributed by atoms with Crippen molar-refractivity contribution in [2.75, 3.05) is 17.1 Å². The van der Waals surface area contributed by atoms with Crippen molar-refractivity contribution in [3.63, 3.8) is 0 Å². The van der Waals surface area contributed by atoms with Crippen LogP contribution in [-0.4, -0.2) is 25.7 Å². The summed E-state index contributed by atoms with van der Waals surface area (Å²) in [5, 5.41) is 10.7. The minimum atomic E-state index is -3.82. The number of rotatable bonds is 6. The summed E-state index contributed by atoms with van der Waals surface area (Å²) in [5.74, 6) is 0.702. The molecule has 27 heavy (non-hydrogen) atoms. The van der Waals surface area contributed by atoms with Crippen LogP contribution in [0.2, 0.25) is 0 Å². The Balaban J connectivity index is 1.74. The van der Waals surface area contributed by atoms with Crippen LogP contribution >= 0.6 is 0 Å². The van der Waals surface area contributed by atoms with Crippen molar-refractivity contribution in [3.05, 3.63) is 66.0 Å². The van der Waals surface area contributed by atoms with Gasteiger partial charge >= 0.3 is 0 Å². The Morgan fingerprint density at radius 1 is 0.963 bits per heavy atom. The van der Waals surface area contributed by atoms with Crippen molar-refractivity contribution in [1.29, 1.82) is 0 Å². The average Bonchev–Trinajstić information content (AvgIpc) is 2.64. The van der Waals surface area contributed by atoms with Crippen LogP contribution in [0.1, 0.15) is 5.56 Å². The minimum Gasteiger partial charge on any atom is -0.497 e. The van der Waals surface area contributed by atoms with E-state index in [1.165, 1.54) is 31.4 Å². The van der Waals surface area contributed by atoms with Gasteiger partial charge in [0.15, 0.2) is 11.6 Å². The quantitative estimate of drug-likeness (QED) is 0.672. The summed E-state index contributed by atoms with van der Waals surface area (Å²) in [6.07, 6.45) is 0. The first-order chi connectivity index (χ1) is 12.9. The van der Waals surface area contributed by atoms with Gasteiger partial charge in [0.05, 0.1) is 12.0 Å². The molecule has 2 aromatic carbocycles. The van der Waals surface area contributed by atoms with Crippen molar-refractivity contribution in [1.82, 2.24) is 10.2 Å². The van der Waals surface area contributed by atoms with Crippen molar-refractivity contribution < 1.29 is 17.5 Å². The first kappa shape index (κ1) is 18.6. The van der Waals surface area contributed by atoms with E-state index in [1.54, 1.807) is 37.3 Å². The van der Waals surface area contributed by atoms with E-state index in [0.717, 1.165) is 0 Å². The molecule has 2 N–H and O–H groups in total. The zero-order chi connectivity index (χ0) is 19.4. The van der Waals surface area contributed by atoms with E-state index in [0.29, 0.717) is 22.8 Å². The van der Waals surface area contributed by atoms with Gasteiger partial charge in [-0.2, -0.15) is 0 Å².